The first-order chi connectivity index (χ1) is 5.97. The van der Waals surface area contributed by atoms with E-state index < -0.39 is 0 Å². The first-order valence-electron chi connectivity index (χ1n) is 4.00. The van der Waals surface area contributed by atoms with Gasteiger partial charge in [-0.3, -0.25) is 9.59 Å². The van der Waals surface area contributed by atoms with E-state index in [1.807, 2.05) is 14.1 Å². The van der Waals surface area contributed by atoms with Crippen LogP contribution in [0.5, 0.6) is 0 Å². The molecule has 0 aromatic heterocycles. The van der Waals surface area contributed by atoms with Crippen LogP contribution >= 0.6 is 0 Å². The summed E-state index contributed by atoms with van der Waals surface area (Å²) in [6.07, 6.45) is 4.00. The molecule has 0 N–H and O–H groups in total. The van der Waals surface area contributed by atoms with Crippen LogP contribution in [0.2, 0.25) is 0 Å². The fourth-order valence-corrected chi connectivity index (χ4v) is 0.787. The second-order valence-electron chi connectivity index (χ2n) is 3.11. The minimum atomic E-state index is -0.0464. The highest BCUT2D eigenvalue weighted by molar-refractivity contribution is 5.97. The van der Waals surface area contributed by atoms with Crippen molar-refractivity contribution in [1.29, 1.82) is 0 Å². The smallest absolute Gasteiger partial charge is 0.161 e. The van der Waals surface area contributed by atoms with Crippen molar-refractivity contribution in [1.82, 2.24) is 4.90 Å². The Labute approximate surface area is 78.7 Å². The summed E-state index contributed by atoms with van der Waals surface area (Å²) in [6.45, 7) is 3.14. The third kappa shape index (κ3) is 4.95. The molecule has 13 heavy (non-hydrogen) atoms. The lowest BCUT2D eigenvalue weighted by atomic mass is 10.1. The predicted octanol–water partition coefficient (Wildman–Crippen LogP) is 1.17. The summed E-state index contributed by atoms with van der Waals surface area (Å²) >= 11 is 0. The van der Waals surface area contributed by atoms with Crippen LogP contribution in [-0.4, -0.2) is 31.1 Å². The number of aldehydes is 1. The minimum Gasteiger partial charge on any atom is -0.383 e. The van der Waals surface area contributed by atoms with Crippen LogP contribution in [0, 0.1) is 0 Å². The summed E-state index contributed by atoms with van der Waals surface area (Å²) in [5.74, 6) is -0.0464. The molecule has 0 saturated heterocycles. The summed E-state index contributed by atoms with van der Waals surface area (Å²) in [4.78, 5) is 23.2. The van der Waals surface area contributed by atoms with Crippen LogP contribution in [0.3, 0.4) is 0 Å². The maximum atomic E-state index is 11.1. The molecule has 72 valence electrons. The number of carbonyl (C=O) groups is 2. The Balaban J connectivity index is 4.83. The maximum Gasteiger partial charge on any atom is 0.161 e. The molecule has 0 atom stereocenters. The summed E-state index contributed by atoms with van der Waals surface area (Å²) in [7, 11) is 3.65. The highest BCUT2D eigenvalue weighted by Gasteiger charge is 2.00. The third-order valence-electron chi connectivity index (χ3n) is 1.37. The van der Waals surface area contributed by atoms with E-state index in [-0.39, 0.29) is 5.78 Å². The van der Waals surface area contributed by atoms with Gasteiger partial charge in [-0.15, -0.1) is 0 Å². The molecule has 0 rings (SSSR count). The molecule has 0 radical (unpaired) electrons. The average molecular weight is 181 g/mol. The highest BCUT2D eigenvalue weighted by atomic mass is 16.1. The Morgan fingerprint density at radius 3 is 2.08 bits per heavy atom. The van der Waals surface area contributed by atoms with Gasteiger partial charge in [-0.2, -0.15) is 0 Å². The van der Waals surface area contributed by atoms with Gasteiger partial charge in [0.15, 0.2) is 5.78 Å². The van der Waals surface area contributed by atoms with Crippen LogP contribution in [0.25, 0.3) is 0 Å². The van der Waals surface area contributed by atoms with Crippen LogP contribution in [-0.2, 0) is 9.59 Å². The van der Waals surface area contributed by atoms with E-state index in [0.717, 1.165) is 6.29 Å². The van der Waals surface area contributed by atoms with Crippen LogP contribution in [0.1, 0.15) is 13.8 Å². The van der Waals surface area contributed by atoms with Crippen molar-refractivity contribution in [2.75, 3.05) is 14.1 Å². The predicted molar refractivity (Wildman–Crippen MR) is 52.3 cm³/mol. The number of ketones is 1. The van der Waals surface area contributed by atoms with Gasteiger partial charge in [0, 0.05) is 25.9 Å². The Hall–Kier alpha value is -1.38. The first kappa shape index (κ1) is 11.6. The van der Waals surface area contributed by atoms with Crippen molar-refractivity contribution in [2.45, 2.75) is 13.8 Å². The molecule has 0 bridgehead atoms. The van der Waals surface area contributed by atoms with E-state index in [9.17, 15) is 9.59 Å². The summed E-state index contributed by atoms with van der Waals surface area (Å²) < 4.78 is 0. The van der Waals surface area contributed by atoms with Gasteiger partial charge in [-0.25, -0.2) is 0 Å². The molecule has 0 aromatic rings. The van der Waals surface area contributed by atoms with Crippen LogP contribution < -0.4 is 0 Å². The number of carbonyl (C=O) groups excluding carboxylic acids is 2. The standard InChI is InChI=1S/C10H15NO2/c1-8(7-12)5-10(9(2)13)6-11(3)4/h5-7H,1-4H3/b8-5-,10-6+. The fraction of sp³-hybridized carbons (Fsp3) is 0.400. The number of nitrogens with zero attached hydrogens (tertiary/aromatic N) is 1. The fourth-order valence-electron chi connectivity index (χ4n) is 0.787. The Morgan fingerprint density at radius 2 is 1.77 bits per heavy atom. The van der Waals surface area contributed by atoms with Crippen molar-refractivity contribution < 1.29 is 9.59 Å². The largest absolute Gasteiger partial charge is 0.383 e. The van der Waals surface area contributed by atoms with Crippen LogP contribution in [0.4, 0.5) is 0 Å². The van der Waals surface area contributed by atoms with Gasteiger partial charge < -0.3 is 4.90 Å². The molecule has 0 unspecified atom stereocenters. The maximum absolute atomic E-state index is 11.1. The van der Waals surface area contributed by atoms with E-state index in [0.29, 0.717) is 11.1 Å². The van der Waals surface area contributed by atoms with Gasteiger partial charge in [0.2, 0.25) is 0 Å². The first-order valence-corrected chi connectivity index (χ1v) is 4.00. The Kier molecular flexibility index (Phi) is 4.74. The third-order valence-corrected chi connectivity index (χ3v) is 1.37. The molecule has 3 nitrogen and oxygen atoms in total. The zero-order valence-corrected chi connectivity index (χ0v) is 8.50. The molecule has 0 aromatic carbocycles. The molecule has 0 heterocycles. The van der Waals surface area contributed by atoms with E-state index in [1.165, 1.54) is 6.92 Å². The van der Waals surface area contributed by atoms with Gasteiger partial charge in [0.25, 0.3) is 0 Å². The molecule has 0 aliphatic carbocycles. The Morgan fingerprint density at radius 1 is 1.23 bits per heavy atom. The van der Waals surface area contributed by atoms with Gasteiger partial charge in [-0.05, 0) is 25.5 Å². The van der Waals surface area contributed by atoms with Gasteiger partial charge in [-0.1, -0.05) is 0 Å². The lowest BCUT2D eigenvalue weighted by Gasteiger charge is -2.06. The SMILES string of the molecule is CC(=O)C(/C=C(/C)C=O)=C/N(C)C. The van der Waals surface area contributed by atoms with E-state index in [4.69, 9.17) is 0 Å². The summed E-state index contributed by atoms with van der Waals surface area (Å²) in [6, 6.07) is 0. The second kappa shape index (κ2) is 5.30. The highest BCUT2D eigenvalue weighted by Crippen LogP contribution is 2.03. The quantitative estimate of drug-likeness (QED) is 0.371. The number of allylic oxidation sites excluding steroid dienone is 3. The topological polar surface area (TPSA) is 37.4 Å². The molecule has 0 aliphatic rings. The van der Waals surface area contributed by atoms with Gasteiger partial charge in [0.1, 0.15) is 6.29 Å². The lowest BCUT2D eigenvalue weighted by molar-refractivity contribution is -0.113. The van der Waals surface area contributed by atoms with Crippen molar-refractivity contribution in [3.63, 3.8) is 0 Å². The molecular weight excluding hydrogens is 166 g/mol. The lowest BCUT2D eigenvalue weighted by Crippen LogP contribution is -2.06. The monoisotopic (exact) mass is 181 g/mol. The van der Waals surface area contributed by atoms with Crippen molar-refractivity contribution in [3.8, 4) is 0 Å². The molecule has 0 aliphatic heterocycles. The normalized spacial score (nSPS) is 12.6. The van der Waals surface area contributed by atoms with E-state index in [1.54, 1.807) is 24.1 Å². The molecular formula is C10H15NO2. The molecule has 3 heteroatoms. The van der Waals surface area contributed by atoms with E-state index >= 15 is 0 Å². The summed E-state index contributed by atoms with van der Waals surface area (Å²) in [5.41, 5.74) is 1.08. The van der Waals surface area contributed by atoms with Crippen LogP contribution in [0.15, 0.2) is 23.4 Å². The second-order valence-corrected chi connectivity index (χ2v) is 3.11. The van der Waals surface area contributed by atoms with E-state index in [2.05, 4.69) is 0 Å². The average Bonchev–Trinajstić information content (AvgIpc) is 2.02. The summed E-state index contributed by atoms with van der Waals surface area (Å²) in [5, 5.41) is 0. The number of hydrogen-bond acceptors (Lipinski definition) is 3. The minimum absolute atomic E-state index is 0.0464. The zero-order valence-electron chi connectivity index (χ0n) is 8.50. The number of rotatable bonds is 4. The molecule has 0 spiro atoms. The molecule has 0 fully saturated rings. The molecule has 0 amide bonds. The van der Waals surface area contributed by atoms with Gasteiger partial charge >= 0.3 is 0 Å². The van der Waals surface area contributed by atoms with Crippen molar-refractivity contribution >= 4 is 12.1 Å². The molecule has 0 saturated carbocycles. The Bertz CT molecular complexity index is 262. The van der Waals surface area contributed by atoms with Gasteiger partial charge in [0.05, 0.1) is 0 Å². The number of hydrogen-bond donors (Lipinski definition) is 0. The van der Waals surface area contributed by atoms with Crippen molar-refractivity contribution in [3.05, 3.63) is 23.4 Å². The van der Waals surface area contributed by atoms with Crippen molar-refractivity contribution in [2.24, 2.45) is 0 Å². The zero-order chi connectivity index (χ0) is 10.4. The number of Topliss-reactive ketones (excluding diaryl/α,β-unsaturated/α-hetero) is 1.